The van der Waals surface area contributed by atoms with Crippen molar-refractivity contribution in [2.24, 2.45) is 0 Å². The van der Waals surface area contributed by atoms with Gasteiger partial charge in [-0.25, -0.2) is 0 Å². The van der Waals surface area contributed by atoms with Crippen LogP contribution in [-0.4, -0.2) is 4.57 Å². The second-order valence-corrected chi connectivity index (χ2v) is 13.3. The maximum atomic E-state index is 2.42. The molecule has 0 fully saturated rings. The number of para-hydroxylation sites is 2. The standard InChI is InChI=1S/C44H28N2S/c1-2-13-32(14-3-1)46-41-17-9-8-16-37(41)39-27-34(21-24-42(39)46)45(33-20-18-29-10-4-5-12-31(29)26-33)35-22-25-43-40(28-35)38-23-19-30-11-6-7-15-36(30)44(38)47-43/h1-28H. The molecule has 0 amide bonds. The molecule has 0 aliphatic carbocycles. The topological polar surface area (TPSA) is 8.17 Å². The van der Waals surface area contributed by atoms with Crippen molar-refractivity contribution in [1.82, 2.24) is 4.57 Å². The maximum Gasteiger partial charge on any atom is 0.0542 e. The van der Waals surface area contributed by atoms with Crippen LogP contribution in [0.5, 0.6) is 0 Å². The molecule has 0 radical (unpaired) electrons. The third-order valence-corrected chi connectivity index (χ3v) is 10.7. The lowest BCUT2D eigenvalue weighted by molar-refractivity contribution is 1.18. The summed E-state index contributed by atoms with van der Waals surface area (Å²) in [6, 6.07) is 62.0. The van der Waals surface area contributed by atoms with Crippen molar-refractivity contribution >= 4 is 91.9 Å². The average molecular weight is 617 g/mol. The minimum absolute atomic E-state index is 1.13. The van der Waals surface area contributed by atoms with Gasteiger partial charge in [-0.05, 0) is 88.3 Å². The number of rotatable bonds is 4. The molecule has 8 aromatic carbocycles. The average Bonchev–Trinajstić information content (AvgIpc) is 3.68. The predicted octanol–water partition coefficient (Wildman–Crippen LogP) is 12.9. The minimum atomic E-state index is 1.13. The van der Waals surface area contributed by atoms with Crippen LogP contribution in [0.25, 0.3) is 69.2 Å². The Morgan fingerprint density at radius 1 is 0.383 bits per heavy atom. The molecule has 0 aliphatic rings. The van der Waals surface area contributed by atoms with Gasteiger partial charge >= 0.3 is 0 Å². The number of hydrogen-bond acceptors (Lipinski definition) is 2. The second-order valence-electron chi connectivity index (χ2n) is 12.2. The Bertz CT molecular complexity index is 2810. The Morgan fingerprint density at radius 2 is 1.00 bits per heavy atom. The molecule has 2 heterocycles. The van der Waals surface area contributed by atoms with Crippen LogP contribution in [0.15, 0.2) is 170 Å². The molecule has 0 atom stereocenters. The predicted molar refractivity (Wildman–Crippen MR) is 203 cm³/mol. The second kappa shape index (κ2) is 10.3. The summed E-state index contributed by atoms with van der Waals surface area (Å²) in [6.45, 7) is 0. The van der Waals surface area contributed by atoms with Crippen molar-refractivity contribution in [2.45, 2.75) is 0 Å². The van der Waals surface area contributed by atoms with Crippen LogP contribution in [0.4, 0.5) is 17.1 Å². The molecule has 0 spiro atoms. The first-order valence-electron chi connectivity index (χ1n) is 16.0. The zero-order valence-corrected chi connectivity index (χ0v) is 26.3. The highest BCUT2D eigenvalue weighted by Gasteiger charge is 2.19. The summed E-state index contributed by atoms with van der Waals surface area (Å²) in [6.07, 6.45) is 0. The summed E-state index contributed by atoms with van der Waals surface area (Å²) in [5.74, 6) is 0. The lowest BCUT2D eigenvalue weighted by Crippen LogP contribution is -2.10. The fourth-order valence-electron chi connectivity index (χ4n) is 7.35. The van der Waals surface area contributed by atoms with E-state index >= 15 is 0 Å². The van der Waals surface area contributed by atoms with Crippen molar-refractivity contribution in [3.8, 4) is 5.69 Å². The first-order valence-corrected chi connectivity index (χ1v) is 16.8. The molecular formula is C44H28N2S. The van der Waals surface area contributed by atoms with Gasteiger partial charge in [0.1, 0.15) is 0 Å². The van der Waals surface area contributed by atoms with Crippen LogP contribution in [0.1, 0.15) is 0 Å². The third kappa shape index (κ3) is 4.10. The Hall–Kier alpha value is -5.90. The first kappa shape index (κ1) is 26.3. The highest BCUT2D eigenvalue weighted by molar-refractivity contribution is 7.26. The van der Waals surface area contributed by atoms with Crippen molar-refractivity contribution in [3.63, 3.8) is 0 Å². The molecule has 2 nitrogen and oxygen atoms in total. The molecule has 0 saturated carbocycles. The molecule has 10 rings (SSSR count). The lowest BCUT2D eigenvalue weighted by atomic mass is 10.0. The third-order valence-electron chi connectivity index (χ3n) is 9.52. The van der Waals surface area contributed by atoms with Gasteiger partial charge in [0.15, 0.2) is 0 Å². The molecule has 47 heavy (non-hydrogen) atoms. The molecule has 0 unspecified atom stereocenters. The van der Waals surface area contributed by atoms with Crippen LogP contribution < -0.4 is 4.90 Å². The van der Waals surface area contributed by atoms with E-state index in [9.17, 15) is 0 Å². The Balaban J connectivity index is 1.23. The number of benzene rings is 8. The maximum absolute atomic E-state index is 2.42. The SMILES string of the molecule is c1ccc(-n2c3ccccc3c3cc(N(c4ccc5ccccc5c4)c4ccc5sc6c7ccccc7ccc6c5c4)ccc32)cc1. The van der Waals surface area contributed by atoms with Crippen LogP contribution in [-0.2, 0) is 0 Å². The van der Waals surface area contributed by atoms with E-state index in [1.165, 1.54) is 69.2 Å². The highest BCUT2D eigenvalue weighted by Crippen LogP contribution is 2.44. The summed E-state index contributed by atoms with van der Waals surface area (Å²) < 4.78 is 5.03. The molecular weight excluding hydrogens is 589 g/mol. The summed E-state index contributed by atoms with van der Waals surface area (Å²) in [5, 5.41) is 10.2. The van der Waals surface area contributed by atoms with Crippen LogP contribution >= 0.6 is 11.3 Å². The van der Waals surface area contributed by atoms with Gasteiger partial charge in [-0.3, -0.25) is 0 Å². The summed E-state index contributed by atoms with van der Waals surface area (Å²) in [4.78, 5) is 2.42. The molecule has 3 heteroatoms. The van der Waals surface area contributed by atoms with Gasteiger partial charge in [0.2, 0.25) is 0 Å². The monoisotopic (exact) mass is 616 g/mol. The van der Waals surface area contributed by atoms with E-state index in [0.29, 0.717) is 0 Å². The number of aromatic nitrogens is 1. The van der Waals surface area contributed by atoms with Gasteiger partial charge in [-0.2, -0.15) is 0 Å². The van der Waals surface area contributed by atoms with Crippen molar-refractivity contribution in [2.75, 3.05) is 4.90 Å². The Morgan fingerprint density at radius 3 is 1.87 bits per heavy atom. The van der Waals surface area contributed by atoms with E-state index in [-0.39, 0.29) is 0 Å². The first-order chi connectivity index (χ1) is 23.3. The van der Waals surface area contributed by atoms with Crippen molar-refractivity contribution in [1.29, 1.82) is 0 Å². The number of hydrogen-bond donors (Lipinski definition) is 0. The van der Waals surface area contributed by atoms with E-state index in [1.807, 2.05) is 11.3 Å². The molecule has 0 aliphatic heterocycles. The van der Waals surface area contributed by atoms with Gasteiger partial charge < -0.3 is 9.47 Å². The molecule has 2 aromatic heterocycles. The minimum Gasteiger partial charge on any atom is -0.310 e. The number of nitrogens with zero attached hydrogens (tertiary/aromatic N) is 2. The van der Waals surface area contributed by atoms with Crippen molar-refractivity contribution in [3.05, 3.63) is 170 Å². The molecule has 10 aromatic rings. The molecule has 220 valence electrons. The molecule has 0 saturated heterocycles. The van der Waals surface area contributed by atoms with Gasteiger partial charge in [0, 0.05) is 53.7 Å². The lowest BCUT2D eigenvalue weighted by Gasteiger charge is -2.26. The van der Waals surface area contributed by atoms with Crippen molar-refractivity contribution < 1.29 is 0 Å². The van der Waals surface area contributed by atoms with Gasteiger partial charge in [0.05, 0.1) is 11.0 Å². The van der Waals surface area contributed by atoms with Crippen LogP contribution in [0, 0.1) is 0 Å². The quantitative estimate of drug-likeness (QED) is 0.191. The van der Waals surface area contributed by atoms with E-state index in [1.54, 1.807) is 0 Å². The molecule has 0 N–H and O–H groups in total. The van der Waals surface area contributed by atoms with Gasteiger partial charge in [-0.1, -0.05) is 103 Å². The Labute approximate surface area is 276 Å². The largest absolute Gasteiger partial charge is 0.310 e. The van der Waals surface area contributed by atoms with E-state index in [0.717, 1.165) is 17.1 Å². The van der Waals surface area contributed by atoms with E-state index < -0.39 is 0 Å². The number of thiophene rings is 1. The fourth-order valence-corrected chi connectivity index (χ4v) is 8.57. The zero-order valence-electron chi connectivity index (χ0n) is 25.5. The van der Waals surface area contributed by atoms with Gasteiger partial charge in [0.25, 0.3) is 0 Å². The Kier molecular flexibility index (Phi) is 5.78. The normalized spacial score (nSPS) is 11.8. The summed E-state index contributed by atoms with van der Waals surface area (Å²) >= 11 is 1.89. The summed E-state index contributed by atoms with van der Waals surface area (Å²) in [5.41, 5.74) is 6.99. The van der Waals surface area contributed by atoms with Crippen LogP contribution in [0.2, 0.25) is 0 Å². The number of anilines is 3. The van der Waals surface area contributed by atoms with Crippen LogP contribution in [0.3, 0.4) is 0 Å². The summed E-state index contributed by atoms with van der Waals surface area (Å²) in [7, 11) is 0. The smallest absolute Gasteiger partial charge is 0.0542 e. The van der Waals surface area contributed by atoms with E-state index in [2.05, 4.69) is 179 Å². The van der Waals surface area contributed by atoms with E-state index in [4.69, 9.17) is 0 Å². The zero-order chi connectivity index (χ0) is 30.9. The fraction of sp³-hybridized carbons (Fsp3) is 0. The highest BCUT2D eigenvalue weighted by atomic mass is 32.1. The number of fused-ring (bicyclic) bond motifs is 9. The van der Waals surface area contributed by atoms with Gasteiger partial charge in [-0.15, -0.1) is 11.3 Å². The molecule has 0 bridgehead atoms.